The van der Waals surface area contributed by atoms with Gasteiger partial charge in [0.05, 0.1) is 22.4 Å². The summed E-state index contributed by atoms with van der Waals surface area (Å²) in [5.41, 5.74) is 0.891. The summed E-state index contributed by atoms with van der Waals surface area (Å²) < 4.78 is 91.6. The first-order valence-electron chi connectivity index (χ1n) is 10.7. The number of anilines is 3. The largest absolute Gasteiger partial charge is 0.416 e. The first-order valence-corrected chi connectivity index (χ1v) is 14.0. The SMILES string of the molecule is Cc1cc(C)cc(N(CC(=O)Nc2ccc(S(=O)(=O)Nc3cccc(C(F)(F)F)c3)cc2)S(C)(=O)=O)c1. The van der Waals surface area contributed by atoms with Gasteiger partial charge >= 0.3 is 6.18 Å². The van der Waals surface area contributed by atoms with Gasteiger partial charge in [0, 0.05) is 11.4 Å². The molecule has 0 saturated carbocycles. The van der Waals surface area contributed by atoms with E-state index < -0.39 is 44.2 Å². The van der Waals surface area contributed by atoms with Crippen LogP contribution in [-0.4, -0.2) is 35.5 Å². The average molecular weight is 556 g/mol. The maximum Gasteiger partial charge on any atom is 0.416 e. The van der Waals surface area contributed by atoms with Crippen LogP contribution in [0.2, 0.25) is 0 Å². The number of aryl methyl sites for hydroxylation is 2. The quantitative estimate of drug-likeness (QED) is 0.424. The summed E-state index contributed by atoms with van der Waals surface area (Å²) in [5.74, 6) is -0.665. The summed E-state index contributed by atoms with van der Waals surface area (Å²) in [6, 6.07) is 13.8. The second-order valence-electron chi connectivity index (χ2n) is 8.37. The molecule has 2 N–H and O–H groups in total. The van der Waals surface area contributed by atoms with Crippen molar-refractivity contribution in [1.82, 2.24) is 0 Å². The van der Waals surface area contributed by atoms with Gasteiger partial charge in [0.15, 0.2) is 0 Å². The number of benzene rings is 3. The summed E-state index contributed by atoms with van der Waals surface area (Å²) in [6.45, 7) is 3.09. The van der Waals surface area contributed by atoms with Crippen LogP contribution in [0.15, 0.2) is 71.6 Å². The molecule has 3 aromatic rings. The minimum absolute atomic E-state index is 0.192. The lowest BCUT2D eigenvalue weighted by molar-refractivity contribution is -0.137. The molecule has 0 aliphatic rings. The van der Waals surface area contributed by atoms with E-state index in [0.717, 1.165) is 46.0 Å². The molecule has 0 fully saturated rings. The Bertz CT molecular complexity index is 1500. The minimum Gasteiger partial charge on any atom is -0.325 e. The zero-order chi connectivity index (χ0) is 27.6. The number of carbonyl (C=O) groups is 1. The Morgan fingerprint density at radius 1 is 0.865 bits per heavy atom. The number of hydrogen-bond acceptors (Lipinski definition) is 5. The third-order valence-corrected chi connectivity index (χ3v) is 7.61. The van der Waals surface area contributed by atoms with Gasteiger partial charge in [-0.25, -0.2) is 16.8 Å². The van der Waals surface area contributed by atoms with Crippen molar-refractivity contribution in [3.63, 3.8) is 0 Å². The van der Waals surface area contributed by atoms with Crippen molar-refractivity contribution in [3.05, 3.63) is 83.4 Å². The number of alkyl halides is 3. The first-order chi connectivity index (χ1) is 17.0. The highest BCUT2D eigenvalue weighted by atomic mass is 32.2. The molecule has 0 atom stereocenters. The highest BCUT2D eigenvalue weighted by Crippen LogP contribution is 2.31. The van der Waals surface area contributed by atoms with Gasteiger partial charge in [0.2, 0.25) is 15.9 Å². The molecule has 3 rings (SSSR count). The lowest BCUT2D eigenvalue weighted by atomic mass is 10.1. The van der Waals surface area contributed by atoms with Gasteiger partial charge in [-0.05, 0) is 79.6 Å². The average Bonchev–Trinajstić information content (AvgIpc) is 2.76. The van der Waals surface area contributed by atoms with Crippen LogP contribution in [0.5, 0.6) is 0 Å². The molecule has 3 aromatic carbocycles. The lowest BCUT2D eigenvalue weighted by Crippen LogP contribution is -2.37. The molecule has 37 heavy (non-hydrogen) atoms. The van der Waals surface area contributed by atoms with E-state index in [1.807, 2.05) is 6.07 Å². The number of amides is 1. The second kappa shape index (κ2) is 10.4. The Balaban J connectivity index is 1.73. The fraction of sp³-hybridized carbons (Fsp3) is 0.208. The van der Waals surface area contributed by atoms with Crippen molar-refractivity contribution in [2.75, 3.05) is 27.1 Å². The van der Waals surface area contributed by atoms with Gasteiger partial charge < -0.3 is 5.32 Å². The highest BCUT2D eigenvalue weighted by Gasteiger charge is 2.30. The monoisotopic (exact) mass is 555 g/mol. The summed E-state index contributed by atoms with van der Waals surface area (Å²) in [4.78, 5) is 12.4. The minimum atomic E-state index is -4.63. The van der Waals surface area contributed by atoms with E-state index >= 15 is 0 Å². The van der Waals surface area contributed by atoms with Crippen molar-refractivity contribution < 1.29 is 34.8 Å². The predicted molar refractivity (Wildman–Crippen MR) is 135 cm³/mol. The van der Waals surface area contributed by atoms with Crippen LogP contribution in [0.25, 0.3) is 0 Å². The van der Waals surface area contributed by atoms with E-state index in [9.17, 15) is 34.8 Å². The highest BCUT2D eigenvalue weighted by molar-refractivity contribution is 7.92. The van der Waals surface area contributed by atoms with Crippen LogP contribution in [0.1, 0.15) is 16.7 Å². The molecule has 198 valence electrons. The maximum absolute atomic E-state index is 12.9. The van der Waals surface area contributed by atoms with E-state index in [0.29, 0.717) is 11.8 Å². The summed E-state index contributed by atoms with van der Waals surface area (Å²) >= 11 is 0. The number of hydrogen-bond donors (Lipinski definition) is 2. The Labute approximate surface area is 213 Å². The van der Waals surface area contributed by atoms with Gasteiger partial charge in [-0.3, -0.25) is 13.8 Å². The molecule has 0 radical (unpaired) electrons. The van der Waals surface area contributed by atoms with E-state index in [2.05, 4.69) is 10.0 Å². The van der Waals surface area contributed by atoms with E-state index in [1.54, 1.807) is 26.0 Å². The smallest absolute Gasteiger partial charge is 0.325 e. The summed E-state index contributed by atoms with van der Waals surface area (Å²) in [6.07, 6.45) is -3.65. The molecule has 0 heterocycles. The fourth-order valence-electron chi connectivity index (χ4n) is 3.52. The van der Waals surface area contributed by atoms with Crippen LogP contribution >= 0.6 is 0 Å². The Hall–Kier alpha value is -3.58. The van der Waals surface area contributed by atoms with E-state index in [-0.39, 0.29) is 16.3 Å². The predicted octanol–water partition coefficient (Wildman–Crippen LogP) is 4.53. The zero-order valence-electron chi connectivity index (χ0n) is 20.0. The molecular formula is C24H24F3N3O5S2. The molecule has 0 spiro atoms. The van der Waals surface area contributed by atoms with Crippen molar-refractivity contribution in [1.29, 1.82) is 0 Å². The molecule has 13 heteroatoms. The Morgan fingerprint density at radius 2 is 1.46 bits per heavy atom. The van der Waals surface area contributed by atoms with Crippen LogP contribution in [-0.2, 0) is 31.0 Å². The van der Waals surface area contributed by atoms with Gasteiger partial charge in [-0.1, -0.05) is 12.1 Å². The number of nitrogens with zero attached hydrogens (tertiary/aromatic N) is 1. The molecule has 0 aliphatic carbocycles. The Kier molecular flexibility index (Phi) is 7.89. The molecular weight excluding hydrogens is 531 g/mol. The molecule has 0 unspecified atom stereocenters. The van der Waals surface area contributed by atoms with E-state index in [4.69, 9.17) is 0 Å². The van der Waals surface area contributed by atoms with Crippen molar-refractivity contribution in [2.45, 2.75) is 24.9 Å². The van der Waals surface area contributed by atoms with Crippen molar-refractivity contribution in [3.8, 4) is 0 Å². The van der Waals surface area contributed by atoms with Crippen LogP contribution in [0.4, 0.5) is 30.2 Å². The van der Waals surface area contributed by atoms with Crippen LogP contribution in [0.3, 0.4) is 0 Å². The third-order valence-electron chi connectivity index (χ3n) is 5.07. The normalized spacial score (nSPS) is 12.2. The topological polar surface area (TPSA) is 113 Å². The number of rotatable bonds is 8. The number of carbonyl (C=O) groups excluding carboxylic acids is 1. The molecule has 0 bridgehead atoms. The van der Waals surface area contributed by atoms with Crippen LogP contribution in [0, 0.1) is 13.8 Å². The van der Waals surface area contributed by atoms with Gasteiger partial charge in [-0.2, -0.15) is 13.2 Å². The zero-order valence-corrected chi connectivity index (χ0v) is 21.6. The molecule has 0 saturated heterocycles. The molecule has 0 aromatic heterocycles. The molecule has 0 aliphatic heterocycles. The van der Waals surface area contributed by atoms with Crippen molar-refractivity contribution in [2.24, 2.45) is 0 Å². The number of halogens is 3. The third kappa shape index (κ3) is 7.46. The molecule has 1 amide bonds. The summed E-state index contributed by atoms with van der Waals surface area (Å²) in [5, 5.41) is 2.51. The molecule has 8 nitrogen and oxygen atoms in total. The van der Waals surface area contributed by atoms with Crippen molar-refractivity contribution >= 4 is 43.0 Å². The summed E-state index contributed by atoms with van der Waals surface area (Å²) in [7, 11) is -8.01. The number of nitrogens with one attached hydrogen (secondary N) is 2. The van der Waals surface area contributed by atoms with Gasteiger partial charge in [0.1, 0.15) is 6.54 Å². The standard InChI is InChI=1S/C24H24F3N3O5S2/c1-16-11-17(2)13-21(12-16)30(36(3,32)33)15-23(31)28-19-7-9-22(10-8-19)37(34,35)29-20-6-4-5-18(14-20)24(25,26)27/h4-14,29H,15H2,1-3H3,(H,28,31). The van der Waals surface area contributed by atoms with Gasteiger partial charge in [-0.15, -0.1) is 0 Å². The lowest BCUT2D eigenvalue weighted by Gasteiger charge is -2.23. The maximum atomic E-state index is 12.9. The fourth-order valence-corrected chi connectivity index (χ4v) is 5.41. The Morgan fingerprint density at radius 3 is 2.00 bits per heavy atom. The van der Waals surface area contributed by atoms with Gasteiger partial charge in [0.25, 0.3) is 10.0 Å². The van der Waals surface area contributed by atoms with Crippen LogP contribution < -0.4 is 14.3 Å². The number of sulfonamides is 2. The van der Waals surface area contributed by atoms with E-state index in [1.165, 1.54) is 18.2 Å². The second-order valence-corrected chi connectivity index (χ2v) is 12.0. The first kappa shape index (κ1) is 28.0.